The van der Waals surface area contributed by atoms with Crippen LogP contribution in [0.4, 0.5) is 0 Å². The van der Waals surface area contributed by atoms with Crippen LogP contribution in [-0.4, -0.2) is 16.4 Å². The molecule has 1 aromatic heterocycles. The van der Waals surface area contributed by atoms with Gasteiger partial charge < -0.3 is 4.74 Å². The highest BCUT2D eigenvalue weighted by Crippen LogP contribution is 2.22. The average Bonchev–Trinajstić information content (AvgIpc) is 2.50. The number of benzene rings is 1. The van der Waals surface area contributed by atoms with E-state index in [1.807, 2.05) is 38.1 Å². The summed E-state index contributed by atoms with van der Waals surface area (Å²) in [4.78, 5) is 12.1. The molecule has 2 rings (SSSR count). The quantitative estimate of drug-likeness (QED) is 0.768. The van der Waals surface area contributed by atoms with Gasteiger partial charge in [-0.2, -0.15) is 5.10 Å². The number of halogens is 1. The van der Waals surface area contributed by atoms with Crippen molar-refractivity contribution in [1.29, 1.82) is 0 Å². The molecule has 0 atom stereocenters. The highest BCUT2D eigenvalue weighted by atomic mass is 35.5. The first-order chi connectivity index (χ1) is 10.2. The average molecular weight is 307 g/mol. The van der Waals surface area contributed by atoms with Gasteiger partial charge in [-0.05, 0) is 31.5 Å². The highest BCUT2D eigenvalue weighted by Gasteiger charge is 2.09. The van der Waals surface area contributed by atoms with Gasteiger partial charge in [0.05, 0.1) is 18.2 Å². The van der Waals surface area contributed by atoms with Gasteiger partial charge in [-0.1, -0.05) is 19.1 Å². The Morgan fingerprint density at radius 3 is 2.76 bits per heavy atom. The van der Waals surface area contributed by atoms with Crippen molar-refractivity contribution in [3.05, 3.63) is 46.2 Å². The Bertz CT molecular complexity index is 668. The standard InChI is InChI=1S/C16H19ClN2O2/c1-3-8-19-16(20)13(11-17)10-15(18-19)12-6-5-7-14(9-12)21-4-2/h5-7,9-10H,3-4,8,11H2,1-2H3. The van der Waals surface area contributed by atoms with E-state index in [1.54, 1.807) is 6.07 Å². The molecule has 0 aliphatic rings. The van der Waals surface area contributed by atoms with Crippen molar-refractivity contribution in [1.82, 2.24) is 9.78 Å². The van der Waals surface area contributed by atoms with Gasteiger partial charge in [0, 0.05) is 17.7 Å². The minimum atomic E-state index is -0.114. The number of nitrogens with zero attached hydrogens (tertiary/aromatic N) is 2. The molecule has 5 heteroatoms. The molecule has 0 aliphatic carbocycles. The van der Waals surface area contributed by atoms with E-state index in [0.717, 1.165) is 23.4 Å². The molecule has 0 saturated carbocycles. The van der Waals surface area contributed by atoms with Crippen LogP contribution in [0.3, 0.4) is 0 Å². The Hall–Kier alpha value is -1.81. The second kappa shape index (κ2) is 7.27. The molecule has 112 valence electrons. The van der Waals surface area contributed by atoms with Gasteiger partial charge in [0.2, 0.25) is 0 Å². The lowest BCUT2D eigenvalue weighted by molar-refractivity contribution is 0.340. The van der Waals surface area contributed by atoms with Crippen molar-refractivity contribution in [3.63, 3.8) is 0 Å². The van der Waals surface area contributed by atoms with E-state index in [9.17, 15) is 4.79 Å². The molecule has 0 N–H and O–H groups in total. The fourth-order valence-electron chi connectivity index (χ4n) is 2.11. The summed E-state index contributed by atoms with van der Waals surface area (Å²) in [6.45, 7) is 5.15. The van der Waals surface area contributed by atoms with Gasteiger partial charge in [0.15, 0.2) is 0 Å². The summed E-state index contributed by atoms with van der Waals surface area (Å²) in [5.41, 5.74) is 2.10. The third kappa shape index (κ3) is 3.64. The third-order valence-corrected chi connectivity index (χ3v) is 3.36. The number of hydrogen-bond acceptors (Lipinski definition) is 3. The Kier molecular flexibility index (Phi) is 5.39. The number of aromatic nitrogens is 2. The summed E-state index contributed by atoms with van der Waals surface area (Å²) in [7, 11) is 0. The van der Waals surface area contributed by atoms with Crippen LogP contribution < -0.4 is 10.3 Å². The summed E-state index contributed by atoms with van der Waals surface area (Å²) >= 11 is 5.88. The monoisotopic (exact) mass is 306 g/mol. The van der Waals surface area contributed by atoms with Crippen molar-refractivity contribution in [2.24, 2.45) is 0 Å². The molecule has 0 unspecified atom stereocenters. The summed E-state index contributed by atoms with van der Waals surface area (Å²) in [5.74, 6) is 0.973. The van der Waals surface area contributed by atoms with Crippen LogP contribution in [0, 0.1) is 0 Å². The Morgan fingerprint density at radius 1 is 1.29 bits per heavy atom. The number of hydrogen-bond donors (Lipinski definition) is 0. The van der Waals surface area contributed by atoms with Crippen molar-refractivity contribution >= 4 is 11.6 Å². The first-order valence-electron chi connectivity index (χ1n) is 7.09. The topological polar surface area (TPSA) is 44.1 Å². The van der Waals surface area contributed by atoms with E-state index in [1.165, 1.54) is 4.68 Å². The number of aryl methyl sites for hydroxylation is 1. The fourth-order valence-corrected chi connectivity index (χ4v) is 2.30. The predicted octanol–water partition coefficient (Wildman–Crippen LogP) is 3.46. The van der Waals surface area contributed by atoms with Crippen LogP contribution in [0.1, 0.15) is 25.8 Å². The van der Waals surface area contributed by atoms with Crippen LogP contribution in [0.25, 0.3) is 11.3 Å². The van der Waals surface area contributed by atoms with Gasteiger partial charge in [-0.3, -0.25) is 4.79 Å². The Balaban J connectivity index is 2.50. The molecule has 1 heterocycles. The Labute approximate surface area is 129 Å². The molecule has 2 aromatic rings. The molecular formula is C16H19ClN2O2. The number of ether oxygens (including phenoxy) is 1. The summed E-state index contributed by atoms with van der Waals surface area (Å²) in [6.07, 6.45) is 0.844. The largest absolute Gasteiger partial charge is 0.494 e. The first-order valence-corrected chi connectivity index (χ1v) is 7.63. The minimum absolute atomic E-state index is 0.114. The van der Waals surface area contributed by atoms with Crippen LogP contribution >= 0.6 is 11.6 Å². The summed E-state index contributed by atoms with van der Waals surface area (Å²) < 4.78 is 6.99. The van der Waals surface area contributed by atoms with E-state index < -0.39 is 0 Å². The van der Waals surface area contributed by atoms with Gasteiger partial charge >= 0.3 is 0 Å². The molecule has 21 heavy (non-hydrogen) atoms. The molecule has 0 bridgehead atoms. The minimum Gasteiger partial charge on any atom is -0.494 e. The zero-order valence-electron chi connectivity index (χ0n) is 12.3. The lowest BCUT2D eigenvalue weighted by Crippen LogP contribution is -2.26. The van der Waals surface area contributed by atoms with E-state index in [4.69, 9.17) is 16.3 Å². The van der Waals surface area contributed by atoms with E-state index in [2.05, 4.69) is 5.10 Å². The number of alkyl halides is 1. The third-order valence-electron chi connectivity index (χ3n) is 3.07. The molecule has 1 aromatic carbocycles. The van der Waals surface area contributed by atoms with Crippen molar-refractivity contribution in [2.45, 2.75) is 32.7 Å². The molecule has 4 nitrogen and oxygen atoms in total. The summed E-state index contributed by atoms with van der Waals surface area (Å²) in [6, 6.07) is 9.44. The molecule has 0 saturated heterocycles. The summed E-state index contributed by atoms with van der Waals surface area (Å²) in [5, 5.41) is 4.43. The smallest absolute Gasteiger partial charge is 0.271 e. The van der Waals surface area contributed by atoms with E-state index >= 15 is 0 Å². The fraction of sp³-hybridized carbons (Fsp3) is 0.375. The highest BCUT2D eigenvalue weighted by molar-refractivity contribution is 6.17. The molecular weight excluding hydrogens is 288 g/mol. The van der Waals surface area contributed by atoms with Gasteiger partial charge in [0.25, 0.3) is 5.56 Å². The molecule has 0 amide bonds. The zero-order chi connectivity index (χ0) is 15.2. The van der Waals surface area contributed by atoms with Crippen LogP contribution in [0.2, 0.25) is 0 Å². The second-order valence-corrected chi connectivity index (χ2v) is 4.94. The van der Waals surface area contributed by atoms with E-state index in [-0.39, 0.29) is 11.4 Å². The van der Waals surface area contributed by atoms with Gasteiger partial charge in [-0.25, -0.2) is 4.68 Å². The van der Waals surface area contributed by atoms with Crippen molar-refractivity contribution in [3.8, 4) is 17.0 Å². The SMILES string of the molecule is CCCn1nc(-c2cccc(OCC)c2)cc(CCl)c1=O. The van der Waals surface area contributed by atoms with E-state index in [0.29, 0.717) is 18.7 Å². The lowest BCUT2D eigenvalue weighted by atomic mass is 10.1. The van der Waals surface area contributed by atoms with Crippen molar-refractivity contribution < 1.29 is 4.74 Å². The molecule has 0 fully saturated rings. The van der Waals surface area contributed by atoms with Crippen molar-refractivity contribution in [2.75, 3.05) is 6.61 Å². The first kappa shape index (κ1) is 15.6. The zero-order valence-corrected chi connectivity index (χ0v) is 13.1. The number of rotatable bonds is 6. The normalized spacial score (nSPS) is 10.6. The van der Waals surface area contributed by atoms with Crippen LogP contribution in [-0.2, 0) is 12.4 Å². The van der Waals surface area contributed by atoms with Crippen LogP contribution in [0.5, 0.6) is 5.75 Å². The molecule has 0 spiro atoms. The maximum atomic E-state index is 12.1. The lowest BCUT2D eigenvalue weighted by Gasteiger charge is -2.10. The van der Waals surface area contributed by atoms with Gasteiger partial charge in [0.1, 0.15) is 5.75 Å². The molecule has 0 aliphatic heterocycles. The van der Waals surface area contributed by atoms with Crippen LogP contribution in [0.15, 0.2) is 35.1 Å². The predicted molar refractivity (Wildman–Crippen MR) is 85.0 cm³/mol. The Morgan fingerprint density at radius 2 is 2.10 bits per heavy atom. The van der Waals surface area contributed by atoms with Gasteiger partial charge in [-0.15, -0.1) is 11.6 Å². The second-order valence-electron chi connectivity index (χ2n) is 4.68. The maximum absolute atomic E-state index is 12.1. The molecule has 0 radical (unpaired) electrons. The maximum Gasteiger partial charge on any atom is 0.271 e.